The molecule has 0 bridgehead atoms. The fraction of sp³-hybridized carbons (Fsp3) is 0.250. The van der Waals surface area contributed by atoms with E-state index in [2.05, 4.69) is 15.6 Å². The standard InChI is InChI=1S/C12H13N5/c13-7-4-8-15-12(17-10-14)16-9-11-5-2-1-3-6-11/h1-3,5-6H,4,8-9H2,(H2,15,16,17). The van der Waals surface area contributed by atoms with Crippen molar-refractivity contribution in [3.05, 3.63) is 35.9 Å². The third-order valence-electron chi connectivity index (χ3n) is 1.97. The van der Waals surface area contributed by atoms with Crippen LogP contribution >= 0.6 is 0 Å². The van der Waals surface area contributed by atoms with E-state index in [1.807, 2.05) is 36.4 Å². The SMILES string of the molecule is N#CCCNC(=NCc1ccccc1)NC#N. The Bertz CT molecular complexity index is 438. The molecule has 0 aliphatic carbocycles. The molecule has 1 aromatic carbocycles. The summed E-state index contributed by atoms with van der Waals surface area (Å²) in [6.45, 7) is 0.962. The molecule has 0 aliphatic heterocycles. The maximum atomic E-state index is 8.54. The molecule has 0 saturated heterocycles. The summed E-state index contributed by atoms with van der Waals surface area (Å²) < 4.78 is 0. The Morgan fingerprint density at radius 3 is 2.65 bits per heavy atom. The van der Waals surface area contributed by atoms with Crippen LogP contribution in [0.2, 0.25) is 0 Å². The molecule has 0 radical (unpaired) electrons. The summed E-state index contributed by atoms with van der Waals surface area (Å²) in [4.78, 5) is 4.22. The van der Waals surface area contributed by atoms with Gasteiger partial charge in [-0.05, 0) is 5.56 Å². The van der Waals surface area contributed by atoms with Gasteiger partial charge in [0.2, 0.25) is 5.96 Å². The van der Waals surface area contributed by atoms with Crippen LogP contribution in [-0.2, 0) is 6.54 Å². The second kappa shape index (κ2) is 7.72. The van der Waals surface area contributed by atoms with E-state index in [1.54, 1.807) is 6.19 Å². The van der Waals surface area contributed by atoms with Crippen molar-refractivity contribution in [2.24, 2.45) is 4.99 Å². The van der Waals surface area contributed by atoms with Crippen LogP contribution in [0.1, 0.15) is 12.0 Å². The fourth-order valence-electron chi connectivity index (χ4n) is 1.18. The van der Waals surface area contributed by atoms with Crippen LogP contribution in [0, 0.1) is 22.8 Å². The van der Waals surface area contributed by atoms with E-state index >= 15 is 0 Å². The van der Waals surface area contributed by atoms with Crippen molar-refractivity contribution in [1.29, 1.82) is 10.5 Å². The van der Waals surface area contributed by atoms with E-state index in [-0.39, 0.29) is 0 Å². The number of rotatable bonds is 4. The van der Waals surface area contributed by atoms with E-state index in [4.69, 9.17) is 10.5 Å². The molecule has 0 unspecified atom stereocenters. The average molecular weight is 227 g/mol. The minimum Gasteiger partial charge on any atom is -0.355 e. The normalized spacial score (nSPS) is 10.1. The number of nitriles is 2. The van der Waals surface area contributed by atoms with Crippen LogP contribution in [0.5, 0.6) is 0 Å². The van der Waals surface area contributed by atoms with Crippen LogP contribution in [0.25, 0.3) is 0 Å². The molecule has 0 aromatic heterocycles. The topological polar surface area (TPSA) is 84.0 Å². The molecule has 5 nitrogen and oxygen atoms in total. The van der Waals surface area contributed by atoms with Crippen LogP contribution < -0.4 is 10.6 Å². The third kappa shape index (κ3) is 5.19. The van der Waals surface area contributed by atoms with Crippen molar-refractivity contribution in [2.75, 3.05) is 6.54 Å². The Morgan fingerprint density at radius 2 is 2.00 bits per heavy atom. The van der Waals surface area contributed by atoms with Gasteiger partial charge in [0.1, 0.15) is 0 Å². The van der Waals surface area contributed by atoms with Gasteiger partial charge in [-0.15, -0.1) is 0 Å². The zero-order valence-electron chi connectivity index (χ0n) is 9.35. The van der Waals surface area contributed by atoms with Gasteiger partial charge in [-0.25, -0.2) is 4.99 Å². The lowest BCUT2D eigenvalue weighted by molar-refractivity contribution is 0.855. The van der Waals surface area contributed by atoms with Crippen LogP contribution in [0.3, 0.4) is 0 Å². The van der Waals surface area contributed by atoms with Crippen molar-refractivity contribution >= 4 is 5.96 Å². The third-order valence-corrected chi connectivity index (χ3v) is 1.97. The molecular formula is C12H13N5. The zero-order chi connectivity index (χ0) is 12.3. The molecule has 0 atom stereocenters. The molecule has 17 heavy (non-hydrogen) atoms. The monoisotopic (exact) mass is 227 g/mol. The average Bonchev–Trinajstić information content (AvgIpc) is 2.37. The molecule has 5 heteroatoms. The molecule has 1 aromatic rings. The van der Waals surface area contributed by atoms with Crippen LogP contribution in [-0.4, -0.2) is 12.5 Å². The van der Waals surface area contributed by atoms with Gasteiger partial charge in [0.15, 0.2) is 6.19 Å². The van der Waals surface area contributed by atoms with Gasteiger partial charge in [0.25, 0.3) is 0 Å². The zero-order valence-corrected chi connectivity index (χ0v) is 9.35. The lowest BCUT2D eigenvalue weighted by Gasteiger charge is -2.05. The number of hydrogen-bond acceptors (Lipinski definition) is 3. The van der Waals surface area contributed by atoms with Gasteiger partial charge in [0.05, 0.1) is 19.0 Å². The number of aliphatic imine (C=N–C) groups is 1. The van der Waals surface area contributed by atoms with Crippen molar-refractivity contribution in [3.63, 3.8) is 0 Å². The predicted molar refractivity (Wildman–Crippen MR) is 64.6 cm³/mol. The number of benzene rings is 1. The fourth-order valence-corrected chi connectivity index (χ4v) is 1.18. The Hall–Kier alpha value is -2.53. The summed E-state index contributed by atoms with van der Waals surface area (Å²) in [5.74, 6) is 0.395. The van der Waals surface area contributed by atoms with Gasteiger partial charge in [0, 0.05) is 6.54 Å². The number of guanidine groups is 1. The van der Waals surface area contributed by atoms with Crippen molar-refractivity contribution in [1.82, 2.24) is 10.6 Å². The highest BCUT2D eigenvalue weighted by atomic mass is 15.2. The van der Waals surface area contributed by atoms with Crippen molar-refractivity contribution in [2.45, 2.75) is 13.0 Å². The maximum Gasteiger partial charge on any atom is 0.205 e. The smallest absolute Gasteiger partial charge is 0.205 e. The molecule has 0 heterocycles. The second-order valence-corrected chi connectivity index (χ2v) is 3.22. The van der Waals surface area contributed by atoms with Crippen molar-refractivity contribution in [3.8, 4) is 12.3 Å². The molecule has 0 amide bonds. The van der Waals surface area contributed by atoms with E-state index in [0.29, 0.717) is 25.5 Å². The van der Waals surface area contributed by atoms with Gasteiger partial charge >= 0.3 is 0 Å². The highest BCUT2D eigenvalue weighted by Gasteiger charge is 1.96. The number of hydrogen-bond donors (Lipinski definition) is 2. The quantitative estimate of drug-likeness (QED) is 0.265. The summed E-state index contributed by atoms with van der Waals surface area (Å²) in [6, 6.07) is 11.7. The van der Waals surface area contributed by atoms with Gasteiger partial charge in [-0.2, -0.15) is 10.5 Å². The first kappa shape index (κ1) is 12.5. The number of nitrogens with one attached hydrogen (secondary N) is 2. The number of nitrogens with zero attached hydrogens (tertiary/aromatic N) is 3. The molecule has 0 spiro atoms. The summed E-state index contributed by atoms with van der Waals surface area (Å²) in [5, 5.41) is 22.3. The Balaban J connectivity index is 2.52. The van der Waals surface area contributed by atoms with Crippen LogP contribution in [0.4, 0.5) is 0 Å². The first-order valence-electron chi connectivity index (χ1n) is 5.21. The van der Waals surface area contributed by atoms with Crippen LogP contribution in [0.15, 0.2) is 35.3 Å². The first-order valence-corrected chi connectivity index (χ1v) is 5.21. The molecule has 2 N–H and O–H groups in total. The van der Waals surface area contributed by atoms with E-state index in [1.165, 1.54) is 0 Å². The molecule has 86 valence electrons. The van der Waals surface area contributed by atoms with Gasteiger partial charge < -0.3 is 5.32 Å². The Kier molecular flexibility index (Phi) is 5.70. The predicted octanol–water partition coefficient (Wildman–Crippen LogP) is 1.12. The van der Waals surface area contributed by atoms with E-state index < -0.39 is 0 Å². The summed E-state index contributed by atoms with van der Waals surface area (Å²) in [7, 11) is 0. The first-order chi connectivity index (χ1) is 8.36. The minimum absolute atomic E-state index is 0.372. The van der Waals surface area contributed by atoms with Gasteiger partial charge in [-0.3, -0.25) is 5.32 Å². The summed E-state index contributed by atoms with van der Waals surface area (Å²) in [6.07, 6.45) is 2.18. The summed E-state index contributed by atoms with van der Waals surface area (Å²) >= 11 is 0. The molecular weight excluding hydrogens is 214 g/mol. The summed E-state index contributed by atoms with van der Waals surface area (Å²) in [5.41, 5.74) is 1.06. The second-order valence-electron chi connectivity index (χ2n) is 3.22. The van der Waals surface area contributed by atoms with Gasteiger partial charge in [-0.1, -0.05) is 30.3 Å². The lowest BCUT2D eigenvalue weighted by Crippen LogP contribution is -2.35. The molecule has 0 saturated carbocycles. The Labute approximate surface area is 100 Å². The molecule has 0 fully saturated rings. The highest BCUT2D eigenvalue weighted by Crippen LogP contribution is 1.99. The lowest BCUT2D eigenvalue weighted by atomic mass is 10.2. The molecule has 0 aliphatic rings. The maximum absolute atomic E-state index is 8.54. The van der Waals surface area contributed by atoms with E-state index in [0.717, 1.165) is 5.56 Å². The van der Waals surface area contributed by atoms with Crippen molar-refractivity contribution < 1.29 is 0 Å². The highest BCUT2D eigenvalue weighted by molar-refractivity contribution is 5.81. The van der Waals surface area contributed by atoms with E-state index in [9.17, 15) is 0 Å². The molecule has 1 rings (SSSR count). The largest absolute Gasteiger partial charge is 0.355 e. The minimum atomic E-state index is 0.372. The Morgan fingerprint density at radius 1 is 1.24 bits per heavy atom.